The number of benzene rings is 3. The molecule has 0 N–H and O–H groups in total. The lowest BCUT2D eigenvalue weighted by Crippen LogP contribution is -2.21. The van der Waals surface area contributed by atoms with Gasteiger partial charge in [-0.15, -0.1) is 0 Å². The maximum atomic E-state index is 13.2. The second kappa shape index (κ2) is 7.99. The van der Waals surface area contributed by atoms with Gasteiger partial charge in [0.05, 0.1) is 21.1 Å². The summed E-state index contributed by atoms with van der Waals surface area (Å²) in [6, 6.07) is 20.5. The number of carbonyl (C=O) groups excluding carboxylic acids is 1. The third kappa shape index (κ3) is 3.92. The van der Waals surface area contributed by atoms with Crippen molar-refractivity contribution in [2.75, 3.05) is 5.01 Å². The van der Waals surface area contributed by atoms with Crippen LogP contribution >= 0.6 is 0 Å². The fraction of sp³-hybridized carbons (Fsp3) is 0. The minimum atomic E-state index is -0.526. The predicted molar refractivity (Wildman–Crippen MR) is 115 cm³/mol. The number of anilines is 1. The molecule has 0 aliphatic carbocycles. The van der Waals surface area contributed by atoms with Crippen molar-refractivity contribution in [2.45, 2.75) is 0 Å². The quantitative estimate of drug-likeness (QED) is 0.349. The summed E-state index contributed by atoms with van der Waals surface area (Å²) in [7, 11) is 0. The molecule has 31 heavy (non-hydrogen) atoms. The summed E-state index contributed by atoms with van der Waals surface area (Å²) in [5.74, 6) is -0.445. The van der Waals surface area contributed by atoms with Crippen LogP contribution in [-0.4, -0.2) is 21.5 Å². The summed E-state index contributed by atoms with van der Waals surface area (Å²) in [6.45, 7) is 0. The first-order chi connectivity index (χ1) is 14.9. The number of nitro groups is 2. The largest absolute Gasteiger partial charge is 0.281 e. The second-order valence-electron chi connectivity index (χ2n) is 6.62. The molecule has 0 unspecified atom stereocenters. The van der Waals surface area contributed by atoms with Gasteiger partial charge in [0.2, 0.25) is 0 Å². The molecule has 3 aromatic rings. The number of hydrazone groups is 1. The average Bonchev–Trinajstić information content (AvgIpc) is 3.10. The number of carbonyl (C=O) groups is 1. The summed E-state index contributed by atoms with van der Waals surface area (Å²) in [4.78, 5) is 34.2. The average molecular weight is 414 g/mol. The summed E-state index contributed by atoms with van der Waals surface area (Å²) in [6.07, 6.45) is 1.55. The number of hydrogen-bond donors (Lipinski definition) is 0. The highest BCUT2D eigenvalue weighted by atomic mass is 16.6. The SMILES string of the molecule is O=C1C(=Cc2cccc([N+](=O)[O-])c2)C(c2ccccc2)=NN1c1ccc([N+](=O)[O-])cc1. The van der Waals surface area contributed by atoms with Crippen molar-refractivity contribution >= 4 is 34.8 Å². The minimum absolute atomic E-state index is 0.0924. The smallest absolute Gasteiger partial charge is 0.267 e. The third-order valence-electron chi connectivity index (χ3n) is 4.62. The Morgan fingerprint density at radius 2 is 1.48 bits per heavy atom. The van der Waals surface area contributed by atoms with E-state index in [9.17, 15) is 25.0 Å². The van der Waals surface area contributed by atoms with Gasteiger partial charge in [0.25, 0.3) is 17.3 Å². The zero-order valence-corrected chi connectivity index (χ0v) is 15.9. The molecule has 1 heterocycles. The van der Waals surface area contributed by atoms with E-state index in [0.29, 0.717) is 22.5 Å². The first-order valence-electron chi connectivity index (χ1n) is 9.13. The van der Waals surface area contributed by atoms with Crippen LogP contribution in [0.1, 0.15) is 11.1 Å². The van der Waals surface area contributed by atoms with Gasteiger partial charge in [0.1, 0.15) is 5.71 Å². The molecule has 0 saturated carbocycles. The van der Waals surface area contributed by atoms with E-state index in [1.807, 2.05) is 18.2 Å². The van der Waals surface area contributed by atoms with Crippen LogP contribution in [0.15, 0.2) is 89.5 Å². The number of nitrogens with zero attached hydrogens (tertiary/aromatic N) is 4. The van der Waals surface area contributed by atoms with Crippen LogP contribution in [0.3, 0.4) is 0 Å². The molecule has 152 valence electrons. The van der Waals surface area contributed by atoms with E-state index in [4.69, 9.17) is 0 Å². The van der Waals surface area contributed by atoms with Crippen LogP contribution in [0.2, 0.25) is 0 Å². The molecule has 0 fully saturated rings. The van der Waals surface area contributed by atoms with Gasteiger partial charge < -0.3 is 0 Å². The first kappa shape index (κ1) is 19.6. The lowest BCUT2D eigenvalue weighted by Gasteiger charge is -2.11. The molecule has 9 nitrogen and oxygen atoms in total. The lowest BCUT2D eigenvalue weighted by atomic mass is 10.00. The molecular formula is C22H14N4O5. The molecule has 9 heteroatoms. The highest BCUT2D eigenvalue weighted by Gasteiger charge is 2.32. The van der Waals surface area contributed by atoms with Crippen LogP contribution in [0.4, 0.5) is 17.1 Å². The maximum absolute atomic E-state index is 13.2. The molecular weight excluding hydrogens is 400 g/mol. The summed E-state index contributed by atoms with van der Waals surface area (Å²) >= 11 is 0. The van der Waals surface area contributed by atoms with Gasteiger partial charge in [-0.2, -0.15) is 10.1 Å². The Hall–Kier alpha value is -4.66. The Morgan fingerprint density at radius 3 is 2.13 bits per heavy atom. The molecule has 0 radical (unpaired) electrons. The highest BCUT2D eigenvalue weighted by molar-refractivity contribution is 6.37. The van der Waals surface area contributed by atoms with Gasteiger partial charge in [-0.3, -0.25) is 25.0 Å². The molecule has 0 bridgehead atoms. The summed E-state index contributed by atoms with van der Waals surface area (Å²) < 4.78 is 0. The Bertz CT molecular complexity index is 1250. The highest BCUT2D eigenvalue weighted by Crippen LogP contribution is 2.29. The van der Waals surface area contributed by atoms with Crippen molar-refractivity contribution in [2.24, 2.45) is 5.10 Å². The summed E-state index contributed by atoms with van der Waals surface area (Å²) in [5, 5.41) is 27.6. The van der Waals surface area contributed by atoms with E-state index in [-0.39, 0.29) is 16.9 Å². The molecule has 4 rings (SSSR count). The zero-order chi connectivity index (χ0) is 22.0. The van der Waals surface area contributed by atoms with Crippen LogP contribution in [-0.2, 0) is 4.79 Å². The van der Waals surface area contributed by atoms with Gasteiger partial charge in [-0.1, -0.05) is 42.5 Å². The van der Waals surface area contributed by atoms with Gasteiger partial charge in [-0.25, -0.2) is 0 Å². The van der Waals surface area contributed by atoms with E-state index in [1.54, 1.807) is 24.3 Å². The van der Waals surface area contributed by atoms with E-state index in [1.165, 1.54) is 42.5 Å². The second-order valence-corrected chi connectivity index (χ2v) is 6.62. The fourth-order valence-electron chi connectivity index (χ4n) is 3.14. The molecule has 0 aromatic heterocycles. The Labute approximate surface area is 175 Å². The van der Waals surface area contributed by atoms with Gasteiger partial charge in [0.15, 0.2) is 0 Å². The molecule has 0 saturated heterocycles. The van der Waals surface area contributed by atoms with Crippen LogP contribution < -0.4 is 5.01 Å². The molecule has 1 amide bonds. The Morgan fingerprint density at radius 1 is 0.806 bits per heavy atom. The van der Waals surface area contributed by atoms with Crippen molar-refractivity contribution in [3.8, 4) is 0 Å². The third-order valence-corrected chi connectivity index (χ3v) is 4.62. The Kier molecular flexibility index (Phi) is 5.07. The first-order valence-corrected chi connectivity index (χ1v) is 9.13. The minimum Gasteiger partial charge on any atom is -0.267 e. The topological polar surface area (TPSA) is 119 Å². The number of rotatable bonds is 5. The van der Waals surface area contributed by atoms with E-state index in [2.05, 4.69) is 5.10 Å². The number of non-ortho nitro benzene ring substituents is 2. The Balaban J connectivity index is 1.79. The zero-order valence-electron chi connectivity index (χ0n) is 15.9. The number of hydrogen-bond acceptors (Lipinski definition) is 6. The molecule has 0 atom stereocenters. The van der Waals surface area contributed by atoms with Crippen molar-refractivity contribution < 1.29 is 14.6 Å². The van der Waals surface area contributed by atoms with Crippen molar-refractivity contribution in [1.82, 2.24) is 0 Å². The van der Waals surface area contributed by atoms with Crippen LogP contribution in [0, 0.1) is 20.2 Å². The van der Waals surface area contributed by atoms with Crippen LogP contribution in [0.5, 0.6) is 0 Å². The van der Waals surface area contributed by atoms with E-state index >= 15 is 0 Å². The molecule has 3 aromatic carbocycles. The monoisotopic (exact) mass is 414 g/mol. The van der Waals surface area contributed by atoms with E-state index < -0.39 is 15.8 Å². The van der Waals surface area contributed by atoms with Crippen molar-refractivity contribution in [3.05, 3.63) is 116 Å². The molecule has 1 aliphatic rings. The predicted octanol–water partition coefficient (Wildman–Crippen LogP) is 4.34. The lowest BCUT2D eigenvalue weighted by molar-refractivity contribution is -0.385. The van der Waals surface area contributed by atoms with Crippen LogP contribution in [0.25, 0.3) is 6.08 Å². The van der Waals surface area contributed by atoms with Gasteiger partial charge in [0, 0.05) is 29.8 Å². The standard InChI is InChI=1S/C22H14N4O5/c27-22-20(14-15-5-4-8-19(13-15)26(30)31)21(16-6-2-1-3-7-16)23-24(22)17-9-11-18(12-10-17)25(28)29/h1-14H. The van der Waals surface area contributed by atoms with Crippen molar-refractivity contribution in [1.29, 1.82) is 0 Å². The summed E-state index contributed by atoms with van der Waals surface area (Å²) in [5.41, 5.74) is 2.00. The molecule has 0 spiro atoms. The molecule has 1 aliphatic heterocycles. The normalized spacial score (nSPS) is 14.6. The van der Waals surface area contributed by atoms with Gasteiger partial charge in [-0.05, 0) is 23.8 Å². The maximum Gasteiger partial charge on any atom is 0.281 e. The fourth-order valence-corrected chi connectivity index (χ4v) is 3.14. The number of amides is 1. The number of nitro benzene ring substituents is 2. The van der Waals surface area contributed by atoms with E-state index in [0.717, 1.165) is 5.01 Å². The van der Waals surface area contributed by atoms with Gasteiger partial charge >= 0.3 is 0 Å². The van der Waals surface area contributed by atoms with Crippen molar-refractivity contribution in [3.63, 3.8) is 0 Å².